The normalized spacial score (nSPS) is 15.5. The molecule has 7 nitrogen and oxygen atoms in total. The number of amides is 2. The number of hydrogen-bond acceptors (Lipinski definition) is 6. The minimum atomic E-state index is -0.527. The number of imide groups is 1. The minimum absolute atomic E-state index is 0.124. The average Bonchev–Trinajstić information content (AvgIpc) is 2.90. The first kappa shape index (κ1) is 18.7. The molecule has 1 aliphatic rings. The molecule has 2 aromatic rings. The van der Waals surface area contributed by atoms with Crippen molar-refractivity contribution < 1.29 is 19.2 Å². The maximum absolute atomic E-state index is 12.7. The van der Waals surface area contributed by atoms with Crippen molar-refractivity contribution in [2.45, 2.75) is 13.5 Å². The number of methoxy groups -OCH3 is 1. The van der Waals surface area contributed by atoms with E-state index in [1.165, 1.54) is 36.3 Å². The van der Waals surface area contributed by atoms with Gasteiger partial charge in [0.1, 0.15) is 5.75 Å². The van der Waals surface area contributed by atoms with Crippen LogP contribution < -0.4 is 4.74 Å². The zero-order valence-electron chi connectivity index (χ0n) is 14.7. The number of carbonyl (C=O) groups is 2. The number of benzene rings is 2. The van der Waals surface area contributed by atoms with Gasteiger partial charge in [0.15, 0.2) is 0 Å². The fourth-order valence-corrected chi connectivity index (χ4v) is 3.51. The second kappa shape index (κ2) is 7.63. The number of carbonyl (C=O) groups excluding carboxylic acids is 2. The molecule has 8 heteroatoms. The highest BCUT2D eigenvalue weighted by molar-refractivity contribution is 8.18. The Kier molecular flexibility index (Phi) is 5.27. The zero-order chi connectivity index (χ0) is 19.6. The van der Waals surface area contributed by atoms with E-state index in [0.29, 0.717) is 11.3 Å². The van der Waals surface area contributed by atoms with Gasteiger partial charge in [-0.25, -0.2) is 0 Å². The van der Waals surface area contributed by atoms with Gasteiger partial charge in [0.05, 0.1) is 23.5 Å². The van der Waals surface area contributed by atoms with Crippen LogP contribution in [0.3, 0.4) is 0 Å². The molecule has 1 fully saturated rings. The third-order valence-corrected chi connectivity index (χ3v) is 5.08. The van der Waals surface area contributed by atoms with E-state index >= 15 is 0 Å². The van der Waals surface area contributed by atoms with E-state index in [2.05, 4.69) is 0 Å². The number of thioether (sulfide) groups is 1. The van der Waals surface area contributed by atoms with Crippen LogP contribution in [0.2, 0.25) is 0 Å². The van der Waals surface area contributed by atoms with Crippen molar-refractivity contribution >= 4 is 34.7 Å². The lowest BCUT2D eigenvalue weighted by molar-refractivity contribution is -0.384. The predicted molar refractivity (Wildman–Crippen MR) is 102 cm³/mol. The quantitative estimate of drug-likeness (QED) is 0.437. The topological polar surface area (TPSA) is 89.8 Å². The minimum Gasteiger partial charge on any atom is -0.496 e. The molecule has 27 heavy (non-hydrogen) atoms. The first-order valence-corrected chi connectivity index (χ1v) is 8.84. The predicted octanol–water partition coefficient (Wildman–Crippen LogP) is 4.15. The largest absolute Gasteiger partial charge is 0.496 e. The van der Waals surface area contributed by atoms with Gasteiger partial charge in [0.25, 0.3) is 16.8 Å². The van der Waals surface area contributed by atoms with E-state index in [1.807, 2.05) is 31.2 Å². The molecule has 1 aliphatic heterocycles. The van der Waals surface area contributed by atoms with Gasteiger partial charge in [-0.15, -0.1) is 0 Å². The molecule has 1 saturated heterocycles. The van der Waals surface area contributed by atoms with Crippen LogP contribution in [0.15, 0.2) is 47.4 Å². The van der Waals surface area contributed by atoms with Crippen LogP contribution in [0.1, 0.15) is 16.7 Å². The van der Waals surface area contributed by atoms with Gasteiger partial charge in [-0.3, -0.25) is 24.6 Å². The smallest absolute Gasteiger partial charge is 0.293 e. The van der Waals surface area contributed by atoms with E-state index < -0.39 is 10.8 Å². The van der Waals surface area contributed by atoms with Gasteiger partial charge in [0.2, 0.25) is 0 Å². The summed E-state index contributed by atoms with van der Waals surface area (Å²) in [4.78, 5) is 36.9. The summed E-state index contributed by atoms with van der Waals surface area (Å²) < 4.78 is 5.20. The molecule has 3 rings (SSSR count). The molecule has 0 saturated carbocycles. The lowest BCUT2D eigenvalue weighted by Crippen LogP contribution is -2.27. The van der Waals surface area contributed by atoms with Gasteiger partial charge in [-0.05, 0) is 42.0 Å². The monoisotopic (exact) mass is 384 g/mol. The molecule has 0 aromatic heterocycles. The SMILES string of the molecule is COc1ccc([N+](=O)[O-])cc1/C=C1\SC(=O)N(Cc2ccccc2C)C1=O. The summed E-state index contributed by atoms with van der Waals surface area (Å²) >= 11 is 0.808. The van der Waals surface area contributed by atoms with E-state index in [1.54, 1.807) is 0 Å². The molecule has 2 amide bonds. The molecule has 138 valence electrons. The van der Waals surface area contributed by atoms with Crippen molar-refractivity contribution in [2.75, 3.05) is 7.11 Å². The maximum atomic E-state index is 12.7. The summed E-state index contributed by atoms with van der Waals surface area (Å²) in [7, 11) is 1.43. The summed E-state index contributed by atoms with van der Waals surface area (Å²) in [6.45, 7) is 2.10. The van der Waals surface area contributed by atoms with Crippen molar-refractivity contribution in [1.29, 1.82) is 0 Å². The molecule has 0 radical (unpaired) electrons. The second-order valence-electron chi connectivity index (χ2n) is 5.88. The number of ether oxygens (including phenoxy) is 1. The molecule has 0 spiro atoms. The van der Waals surface area contributed by atoms with Crippen molar-refractivity contribution in [3.8, 4) is 5.75 Å². The number of hydrogen-bond donors (Lipinski definition) is 0. The van der Waals surface area contributed by atoms with Crippen molar-refractivity contribution in [3.05, 3.63) is 74.2 Å². The Morgan fingerprint density at radius 1 is 1.22 bits per heavy atom. The number of nitro groups is 1. The molecule has 0 N–H and O–H groups in total. The van der Waals surface area contributed by atoms with E-state index in [0.717, 1.165) is 22.9 Å². The van der Waals surface area contributed by atoms with E-state index in [9.17, 15) is 19.7 Å². The van der Waals surface area contributed by atoms with Gasteiger partial charge < -0.3 is 4.74 Å². The Labute approximate surface area is 159 Å². The van der Waals surface area contributed by atoms with Crippen LogP contribution in [0.5, 0.6) is 5.75 Å². The lowest BCUT2D eigenvalue weighted by Gasteiger charge is -2.14. The summed E-state index contributed by atoms with van der Waals surface area (Å²) in [6.07, 6.45) is 1.45. The fraction of sp³-hybridized carbons (Fsp3) is 0.158. The molecule has 0 bridgehead atoms. The summed E-state index contributed by atoms with van der Waals surface area (Å²) in [5, 5.41) is 10.6. The molecule has 1 heterocycles. The van der Waals surface area contributed by atoms with E-state index in [4.69, 9.17) is 4.74 Å². The van der Waals surface area contributed by atoms with E-state index in [-0.39, 0.29) is 22.4 Å². The molecule has 0 unspecified atom stereocenters. The first-order chi connectivity index (χ1) is 12.9. The average molecular weight is 384 g/mol. The standard InChI is InChI=1S/C19H16N2O5S/c1-12-5-3-4-6-13(12)11-20-18(22)17(27-19(20)23)10-14-9-15(21(24)25)7-8-16(14)26-2/h3-10H,11H2,1-2H3/b17-10-. The van der Waals surface area contributed by atoms with Crippen LogP contribution in [-0.2, 0) is 11.3 Å². The number of non-ortho nitro benzene ring substituents is 1. The molecule has 0 aliphatic carbocycles. The Balaban J connectivity index is 1.92. The number of rotatable bonds is 5. The maximum Gasteiger partial charge on any atom is 0.293 e. The van der Waals surface area contributed by atoms with Crippen LogP contribution in [0.25, 0.3) is 6.08 Å². The highest BCUT2D eigenvalue weighted by Crippen LogP contribution is 2.36. The Bertz CT molecular complexity index is 970. The van der Waals surface area contributed by atoms with Gasteiger partial charge >= 0.3 is 0 Å². The Hall–Kier alpha value is -3.13. The number of nitro benzene ring substituents is 1. The van der Waals surface area contributed by atoms with Crippen molar-refractivity contribution in [1.82, 2.24) is 4.90 Å². The zero-order valence-corrected chi connectivity index (χ0v) is 15.5. The third kappa shape index (κ3) is 3.85. The van der Waals surface area contributed by atoms with Crippen LogP contribution in [0.4, 0.5) is 10.5 Å². The van der Waals surface area contributed by atoms with Crippen LogP contribution in [0, 0.1) is 17.0 Å². The van der Waals surface area contributed by atoms with Crippen molar-refractivity contribution in [3.63, 3.8) is 0 Å². The summed E-state index contributed by atoms with van der Waals surface area (Å²) in [6, 6.07) is 11.6. The van der Waals surface area contributed by atoms with Gasteiger partial charge in [-0.1, -0.05) is 24.3 Å². The number of aryl methyl sites for hydroxylation is 1. The highest BCUT2D eigenvalue weighted by Gasteiger charge is 2.35. The molecule has 0 atom stereocenters. The van der Waals surface area contributed by atoms with Crippen molar-refractivity contribution in [2.24, 2.45) is 0 Å². The third-order valence-electron chi connectivity index (χ3n) is 4.17. The van der Waals surface area contributed by atoms with Crippen LogP contribution in [-0.4, -0.2) is 28.1 Å². The summed E-state index contributed by atoms with van der Waals surface area (Å²) in [5.74, 6) is -0.0480. The Morgan fingerprint density at radius 2 is 1.96 bits per heavy atom. The summed E-state index contributed by atoms with van der Waals surface area (Å²) in [5.41, 5.74) is 2.11. The van der Waals surface area contributed by atoms with Gasteiger partial charge in [-0.2, -0.15) is 0 Å². The lowest BCUT2D eigenvalue weighted by atomic mass is 10.1. The molecular formula is C19H16N2O5S. The Morgan fingerprint density at radius 3 is 2.63 bits per heavy atom. The molecular weight excluding hydrogens is 368 g/mol. The first-order valence-electron chi connectivity index (χ1n) is 8.03. The molecule has 2 aromatic carbocycles. The number of nitrogens with zero attached hydrogens (tertiary/aromatic N) is 2. The second-order valence-corrected chi connectivity index (χ2v) is 6.87. The van der Waals surface area contributed by atoms with Gasteiger partial charge in [0, 0.05) is 17.7 Å². The fourth-order valence-electron chi connectivity index (χ4n) is 2.68. The van der Waals surface area contributed by atoms with Crippen LogP contribution >= 0.6 is 11.8 Å². The highest BCUT2D eigenvalue weighted by atomic mass is 32.2.